The number of amides is 1. The molecule has 2 aromatic carbocycles. The van der Waals surface area contributed by atoms with Crippen LogP contribution in [0.2, 0.25) is 0 Å². The van der Waals surface area contributed by atoms with Crippen LogP contribution in [0.1, 0.15) is 24.0 Å². The zero-order valence-electron chi connectivity index (χ0n) is 13.4. The van der Waals surface area contributed by atoms with Crippen LogP contribution in [-0.2, 0) is 11.2 Å². The van der Waals surface area contributed by atoms with E-state index in [9.17, 15) is 4.79 Å². The van der Waals surface area contributed by atoms with Crippen LogP contribution >= 0.6 is 11.3 Å². The van der Waals surface area contributed by atoms with E-state index in [0.717, 1.165) is 17.2 Å². The summed E-state index contributed by atoms with van der Waals surface area (Å²) in [4.78, 5) is 19.6. The number of hydrogen-bond acceptors (Lipinski definition) is 3. The summed E-state index contributed by atoms with van der Waals surface area (Å²) < 4.78 is 0. The molecular formula is C20H18N2OS. The number of hydrogen-bond donors (Lipinski definition) is 0. The second-order valence-corrected chi connectivity index (χ2v) is 6.99. The molecule has 0 saturated carbocycles. The first-order valence-electron chi connectivity index (χ1n) is 8.12. The molecule has 1 aliphatic rings. The van der Waals surface area contributed by atoms with Crippen molar-refractivity contribution in [2.75, 3.05) is 4.90 Å². The summed E-state index contributed by atoms with van der Waals surface area (Å²) in [7, 11) is 0. The second-order valence-electron chi connectivity index (χ2n) is 6.12. The van der Waals surface area contributed by atoms with Gasteiger partial charge in [-0.3, -0.25) is 9.69 Å². The highest BCUT2D eigenvalue weighted by molar-refractivity contribution is 7.13. The van der Waals surface area contributed by atoms with E-state index in [1.54, 1.807) is 11.1 Å². The number of thiazole rings is 1. The maximum Gasteiger partial charge on any atom is 0.237 e. The molecule has 0 saturated heterocycles. The fourth-order valence-corrected chi connectivity index (χ4v) is 4.16. The summed E-state index contributed by atoms with van der Waals surface area (Å²) in [6.07, 6.45) is 2.54. The van der Waals surface area contributed by atoms with E-state index in [1.165, 1.54) is 22.5 Å². The predicted octanol–water partition coefficient (Wildman–Crippen LogP) is 4.78. The molecule has 4 heteroatoms. The van der Waals surface area contributed by atoms with Crippen LogP contribution in [0.4, 0.5) is 10.8 Å². The molecule has 1 aromatic heterocycles. The van der Waals surface area contributed by atoms with E-state index in [1.807, 2.05) is 41.8 Å². The lowest BCUT2D eigenvalue weighted by molar-refractivity contribution is -0.121. The van der Waals surface area contributed by atoms with E-state index in [4.69, 9.17) is 0 Å². The van der Waals surface area contributed by atoms with Gasteiger partial charge in [0.25, 0.3) is 0 Å². The van der Waals surface area contributed by atoms with Crippen LogP contribution in [-0.4, -0.2) is 10.9 Å². The van der Waals surface area contributed by atoms with Crippen molar-refractivity contribution in [3.63, 3.8) is 0 Å². The highest BCUT2D eigenvalue weighted by Gasteiger charge is 2.37. The van der Waals surface area contributed by atoms with E-state index >= 15 is 0 Å². The summed E-state index contributed by atoms with van der Waals surface area (Å²) >= 11 is 1.49. The van der Waals surface area contributed by atoms with Crippen LogP contribution in [0, 0.1) is 5.92 Å². The third-order valence-corrected chi connectivity index (χ3v) is 5.51. The number of fused-ring (bicyclic) bond motifs is 1. The number of aromatic nitrogens is 1. The van der Waals surface area contributed by atoms with E-state index < -0.39 is 0 Å². The highest BCUT2D eigenvalue weighted by Crippen LogP contribution is 2.40. The molecule has 120 valence electrons. The normalized spacial score (nSPS) is 19.0. The molecule has 0 unspecified atom stereocenters. The van der Waals surface area contributed by atoms with Crippen molar-refractivity contribution in [1.82, 2.24) is 4.98 Å². The van der Waals surface area contributed by atoms with Crippen LogP contribution in [0.15, 0.2) is 66.2 Å². The smallest absolute Gasteiger partial charge is 0.237 e. The molecule has 0 bridgehead atoms. The van der Waals surface area contributed by atoms with E-state index in [0.29, 0.717) is 0 Å². The maximum absolute atomic E-state index is 13.4. The van der Waals surface area contributed by atoms with Crippen molar-refractivity contribution in [2.24, 2.45) is 5.92 Å². The first-order valence-corrected chi connectivity index (χ1v) is 9.00. The number of anilines is 2. The topological polar surface area (TPSA) is 33.2 Å². The second kappa shape index (κ2) is 6.21. The van der Waals surface area contributed by atoms with Gasteiger partial charge in [0.2, 0.25) is 5.91 Å². The Morgan fingerprint density at radius 2 is 1.88 bits per heavy atom. The summed E-state index contributed by atoms with van der Waals surface area (Å²) in [6, 6.07) is 18.2. The predicted molar refractivity (Wildman–Crippen MR) is 97.8 cm³/mol. The average Bonchev–Trinajstić information content (AvgIpc) is 3.25. The van der Waals surface area contributed by atoms with Gasteiger partial charge >= 0.3 is 0 Å². The standard InChI is InChI=1S/C20H18N2OS/c1-14-17-10-6-5-7-15(17)13-18(14)19(23)22(20-21-11-12-24-20)16-8-3-2-4-9-16/h2-12,14,18H,13H2,1H3/t14-,18-/m0/s1. The van der Waals surface area contributed by atoms with Crippen LogP contribution in [0.5, 0.6) is 0 Å². The van der Waals surface area contributed by atoms with Gasteiger partial charge in [0.05, 0.1) is 5.69 Å². The van der Waals surface area contributed by atoms with Gasteiger partial charge in [0, 0.05) is 17.5 Å². The van der Waals surface area contributed by atoms with Gasteiger partial charge in [0.15, 0.2) is 5.13 Å². The van der Waals surface area contributed by atoms with Gasteiger partial charge in [-0.1, -0.05) is 49.4 Å². The number of rotatable bonds is 3. The van der Waals surface area contributed by atoms with E-state index in [-0.39, 0.29) is 17.7 Å². The third-order valence-electron chi connectivity index (χ3n) is 4.75. The molecule has 0 N–H and O–H groups in total. The van der Waals surface area contributed by atoms with Crippen molar-refractivity contribution in [2.45, 2.75) is 19.3 Å². The zero-order valence-corrected chi connectivity index (χ0v) is 14.2. The molecule has 3 aromatic rings. The number of para-hydroxylation sites is 1. The quantitative estimate of drug-likeness (QED) is 0.690. The van der Waals surface area contributed by atoms with Gasteiger partial charge in [-0.2, -0.15) is 0 Å². The molecule has 4 rings (SSSR count). The Labute approximate surface area is 145 Å². The first-order chi connectivity index (χ1) is 11.8. The summed E-state index contributed by atoms with van der Waals surface area (Å²) in [5.41, 5.74) is 3.46. The van der Waals surface area contributed by atoms with Gasteiger partial charge < -0.3 is 0 Å². The molecule has 3 nitrogen and oxygen atoms in total. The van der Waals surface area contributed by atoms with Gasteiger partial charge in [-0.05, 0) is 35.6 Å². The molecule has 1 amide bonds. The zero-order chi connectivity index (χ0) is 16.5. The fourth-order valence-electron chi connectivity index (χ4n) is 3.50. The van der Waals surface area contributed by atoms with Gasteiger partial charge in [-0.15, -0.1) is 11.3 Å². The lowest BCUT2D eigenvalue weighted by Crippen LogP contribution is -2.34. The van der Waals surface area contributed by atoms with E-state index in [2.05, 4.69) is 30.1 Å². The summed E-state index contributed by atoms with van der Waals surface area (Å²) in [5, 5.41) is 2.64. The van der Waals surface area contributed by atoms with Gasteiger partial charge in [-0.25, -0.2) is 4.98 Å². The van der Waals surface area contributed by atoms with Crippen molar-refractivity contribution in [3.8, 4) is 0 Å². The number of nitrogens with zero attached hydrogens (tertiary/aromatic N) is 2. The largest absolute Gasteiger partial charge is 0.274 e. The molecule has 1 heterocycles. The van der Waals surface area contributed by atoms with Crippen molar-refractivity contribution >= 4 is 28.1 Å². The van der Waals surface area contributed by atoms with Crippen molar-refractivity contribution in [1.29, 1.82) is 0 Å². The number of carbonyl (C=O) groups excluding carboxylic acids is 1. The highest BCUT2D eigenvalue weighted by atomic mass is 32.1. The Balaban J connectivity index is 1.71. The molecule has 2 atom stereocenters. The van der Waals surface area contributed by atoms with Crippen LogP contribution < -0.4 is 4.90 Å². The minimum absolute atomic E-state index is 0.0495. The summed E-state index contributed by atoms with van der Waals surface area (Å²) in [6.45, 7) is 2.15. The Hall–Kier alpha value is -2.46. The molecule has 0 spiro atoms. The molecular weight excluding hydrogens is 316 g/mol. The molecule has 0 fully saturated rings. The maximum atomic E-state index is 13.4. The monoisotopic (exact) mass is 334 g/mol. The Bertz CT molecular complexity index is 845. The van der Waals surface area contributed by atoms with Crippen molar-refractivity contribution in [3.05, 3.63) is 77.3 Å². The Kier molecular flexibility index (Phi) is 3.90. The Morgan fingerprint density at radius 3 is 2.58 bits per heavy atom. The summed E-state index contributed by atoms with van der Waals surface area (Å²) in [5.74, 6) is 0.297. The lowest BCUT2D eigenvalue weighted by Gasteiger charge is -2.25. The first kappa shape index (κ1) is 15.1. The van der Waals surface area contributed by atoms with Gasteiger partial charge in [0.1, 0.15) is 0 Å². The minimum atomic E-state index is -0.0495. The molecule has 24 heavy (non-hydrogen) atoms. The van der Waals surface area contributed by atoms with Crippen LogP contribution in [0.25, 0.3) is 0 Å². The molecule has 1 aliphatic carbocycles. The fraction of sp³-hybridized carbons (Fsp3) is 0.200. The lowest BCUT2D eigenvalue weighted by atomic mass is 9.93. The SMILES string of the molecule is C[C@H]1c2ccccc2C[C@@H]1C(=O)N(c1ccccc1)c1nccs1. The average molecular weight is 334 g/mol. The number of carbonyl (C=O) groups is 1. The minimum Gasteiger partial charge on any atom is -0.274 e. The Morgan fingerprint density at radius 1 is 1.12 bits per heavy atom. The van der Waals surface area contributed by atoms with Crippen molar-refractivity contribution < 1.29 is 4.79 Å². The third kappa shape index (κ3) is 2.53. The molecule has 0 radical (unpaired) electrons. The van der Waals surface area contributed by atoms with Crippen LogP contribution in [0.3, 0.4) is 0 Å². The molecule has 0 aliphatic heterocycles. The number of benzene rings is 2.